The van der Waals surface area contributed by atoms with Crippen LogP contribution in [-0.4, -0.2) is 26.7 Å². The van der Waals surface area contributed by atoms with Crippen LogP contribution >= 0.6 is 11.6 Å². The van der Waals surface area contributed by atoms with E-state index >= 15 is 0 Å². The van der Waals surface area contributed by atoms with E-state index in [0.29, 0.717) is 24.5 Å². The molecule has 2 aliphatic heterocycles. The molecule has 0 spiro atoms. The van der Waals surface area contributed by atoms with Gasteiger partial charge >= 0.3 is 0 Å². The summed E-state index contributed by atoms with van der Waals surface area (Å²) < 4.78 is 29.7. The van der Waals surface area contributed by atoms with Crippen molar-refractivity contribution in [3.63, 3.8) is 0 Å². The SMILES string of the molecule is CCc1cccc(C)c1NC(=O)c1cc2c(cc1Cl)N1CCCCCC1=NS2(=O)=O. The molecule has 8 heteroatoms. The maximum atomic E-state index is 13.1. The summed E-state index contributed by atoms with van der Waals surface area (Å²) in [5, 5.41) is 3.14. The number of para-hydroxylation sites is 1. The standard InChI is InChI=1S/C22H24ClN3O3S/c1-3-15-9-7-8-14(2)21(15)24-22(27)16-12-19-18(13-17(16)23)26-11-6-4-5-10-20(26)25-30(19,28)29/h7-9,12-13H,3-6,10-11H2,1-2H3,(H,24,27). The molecule has 0 atom stereocenters. The fourth-order valence-electron chi connectivity index (χ4n) is 4.05. The molecule has 2 aliphatic rings. The third-order valence-electron chi connectivity index (χ3n) is 5.66. The van der Waals surface area contributed by atoms with E-state index in [1.54, 1.807) is 6.07 Å². The molecule has 1 saturated heterocycles. The molecular weight excluding hydrogens is 422 g/mol. The van der Waals surface area contributed by atoms with Crippen molar-refractivity contribution in [1.82, 2.24) is 0 Å². The second-order valence-corrected chi connectivity index (χ2v) is 9.64. The highest BCUT2D eigenvalue weighted by atomic mass is 35.5. The lowest BCUT2D eigenvalue weighted by atomic mass is 10.1. The summed E-state index contributed by atoms with van der Waals surface area (Å²) in [4.78, 5) is 15.0. The number of carbonyl (C=O) groups is 1. The van der Waals surface area contributed by atoms with Crippen LogP contribution in [0.15, 0.2) is 39.6 Å². The van der Waals surface area contributed by atoms with Crippen molar-refractivity contribution in [3.05, 3.63) is 52.0 Å². The summed E-state index contributed by atoms with van der Waals surface area (Å²) in [5.74, 6) is 0.119. The number of nitrogens with one attached hydrogen (secondary N) is 1. The van der Waals surface area contributed by atoms with E-state index in [-0.39, 0.29) is 15.5 Å². The molecule has 2 aromatic carbocycles. The van der Waals surface area contributed by atoms with Crippen molar-refractivity contribution >= 4 is 44.7 Å². The minimum atomic E-state index is -3.89. The molecule has 6 nitrogen and oxygen atoms in total. The van der Waals surface area contributed by atoms with Gasteiger partial charge in [0.1, 0.15) is 10.7 Å². The number of nitrogens with zero attached hydrogens (tertiary/aromatic N) is 2. The number of aryl methyl sites for hydroxylation is 2. The first-order valence-corrected chi connectivity index (χ1v) is 12.0. The Morgan fingerprint density at radius 3 is 2.80 bits per heavy atom. The number of carbonyl (C=O) groups excluding carboxylic acids is 1. The zero-order chi connectivity index (χ0) is 21.5. The van der Waals surface area contributed by atoms with Crippen molar-refractivity contribution in [2.45, 2.75) is 50.8 Å². The van der Waals surface area contributed by atoms with Gasteiger partial charge in [-0.3, -0.25) is 4.79 Å². The molecule has 0 radical (unpaired) electrons. The number of amides is 1. The second kappa shape index (κ2) is 8.04. The van der Waals surface area contributed by atoms with Crippen LogP contribution < -0.4 is 10.2 Å². The number of anilines is 2. The van der Waals surface area contributed by atoms with E-state index < -0.39 is 15.9 Å². The minimum absolute atomic E-state index is 0.0307. The first-order valence-electron chi connectivity index (χ1n) is 10.2. The number of sulfonamides is 1. The number of amidine groups is 1. The van der Waals surface area contributed by atoms with Crippen LogP contribution in [0.5, 0.6) is 0 Å². The van der Waals surface area contributed by atoms with E-state index in [2.05, 4.69) is 9.71 Å². The Kier molecular flexibility index (Phi) is 5.59. The highest BCUT2D eigenvalue weighted by molar-refractivity contribution is 7.90. The van der Waals surface area contributed by atoms with Crippen LogP contribution in [0.25, 0.3) is 0 Å². The fourth-order valence-corrected chi connectivity index (χ4v) is 5.56. The first-order chi connectivity index (χ1) is 14.3. The summed E-state index contributed by atoms with van der Waals surface area (Å²) in [7, 11) is -3.89. The molecule has 1 N–H and O–H groups in total. The zero-order valence-electron chi connectivity index (χ0n) is 17.0. The van der Waals surface area contributed by atoms with Gasteiger partial charge in [-0.05, 0) is 49.4 Å². The number of rotatable bonds is 3. The molecule has 0 aliphatic carbocycles. The molecule has 0 unspecified atom stereocenters. The van der Waals surface area contributed by atoms with Gasteiger partial charge in [0.05, 0.1) is 16.3 Å². The van der Waals surface area contributed by atoms with Crippen molar-refractivity contribution in [3.8, 4) is 0 Å². The molecule has 2 aromatic rings. The van der Waals surface area contributed by atoms with Gasteiger partial charge in [-0.1, -0.05) is 43.1 Å². The molecule has 0 aromatic heterocycles. The van der Waals surface area contributed by atoms with Gasteiger partial charge in [0.2, 0.25) is 0 Å². The lowest BCUT2D eigenvalue weighted by Crippen LogP contribution is -2.35. The number of fused-ring (bicyclic) bond motifs is 3. The number of hydrogen-bond donors (Lipinski definition) is 1. The molecular formula is C22H24ClN3O3S. The quantitative estimate of drug-likeness (QED) is 0.725. The zero-order valence-corrected chi connectivity index (χ0v) is 18.6. The largest absolute Gasteiger partial charge is 0.328 e. The maximum absolute atomic E-state index is 13.1. The van der Waals surface area contributed by atoms with Crippen molar-refractivity contribution in [2.75, 3.05) is 16.8 Å². The third kappa shape index (κ3) is 3.72. The number of halogens is 1. The molecule has 1 fully saturated rings. The highest BCUT2D eigenvalue weighted by Crippen LogP contribution is 2.38. The topological polar surface area (TPSA) is 78.8 Å². The molecule has 30 heavy (non-hydrogen) atoms. The Bertz CT molecular complexity index is 1160. The van der Waals surface area contributed by atoms with Crippen LogP contribution in [0, 0.1) is 6.92 Å². The van der Waals surface area contributed by atoms with E-state index in [0.717, 1.165) is 42.5 Å². The third-order valence-corrected chi connectivity index (χ3v) is 7.31. The van der Waals surface area contributed by atoms with Gasteiger partial charge in [-0.15, -0.1) is 4.40 Å². The molecule has 158 valence electrons. The molecule has 0 bridgehead atoms. The van der Waals surface area contributed by atoms with Crippen LogP contribution in [0.2, 0.25) is 5.02 Å². The first kappa shape index (κ1) is 20.9. The Hall–Kier alpha value is -2.38. The van der Waals surface area contributed by atoms with E-state index in [9.17, 15) is 13.2 Å². The van der Waals surface area contributed by atoms with Crippen LogP contribution in [0.3, 0.4) is 0 Å². The predicted molar refractivity (Wildman–Crippen MR) is 120 cm³/mol. The van der Waals surface area contributed by atoms with Crippen LogP contribution in [0.4, 0.5) is 11.4 Å². The normalized spacial score (nSPS) is 17.4. The van der Waals surface area contributed by atoms with E-state index in [1.165, 1.54) is 6.07 Å². The smallest absolute Gasteiger partial charge is 0.286 e. The average Bonchev–Trinajstić information content (AvgIpc) is 2.93. The summed E-state index contributed by atoms with van der Waals surface area (Å²) in [5.41, 5.74) is 3.30. The van der Waals surface area contributed by atoms with Gasteiger partial charge in [0.25, 0.3) is 15.9 Å². The molecule has 1 amide bonds. The maximum Gasteiger partial charge on any atom is 0.286 e. The van der Waals surface area contributed by atoms with Crippen molar-refractivity contribution in [2.24, 2.45) is 4.40 Å². The van der Waals surface area contributed by atoms with Gasteiger partial charge < -0.3 is 10.2 Å². The predicted octanol–water partition coefficient (Wildman–Crippen LogP) is 4.94. The highest BCUT2D eigenvalue weighted by Gasteiger charge is 2.33. The summed E-state index contributed by atoms with van der Waals surface area (Å²) in [6.45, 7) is 4.62. The monoisotopic (exact) mass is 445 g/mol. The summed E-state index contributed by atoms with van der Waals surface area (Å²) in [6.07, 6.45) is 4.26. The Balaban J connectivity index is 1.76. The molecule has 4 rings (SSSR count). The van der Waals surface area contributed by atoms with E-state index in [4.69, 9.17) is 11.6 Å². The fraction of sp³-hybridized carbons (Fsp3) is 0.364. The molecule has 2 heterocycles. The average molecular weight is 446 g/mol. The van der Waals surface area contributed by atoms with Crippen molar-refractivity contribution in [1.29, 1.82) is 0 Å². The second-order valence-electron chi connectivity index (χ2n) is 7.66. The Labute approximate surface area is 182 Å². The van der Waals surface area contributed by atoms with Crippen LogP contribution in [0.1, 0.15) is 54.1 Å². The minimum Gasteiger partial charge on any atom is -0.328 e. The van der Waals surface area contributed by atoms with Gasteiger partial charge in [0, 0.05) is 18.7 Å². The van der Waals surface area contributed by atoms with Crippen LogP contribution in [-0.2, 0) is 16.4 Å². The lowest BCUT2D eigenvalue weighted by Gasteiger charge is -2.30. The van der Waals surface area contributed by atoms with E-state index in [1.807, 2.05) is 36.9 Å². The summed E-state index contributed by atoms with van der Waals surface area (Å²) in [6, 6.07) is 8.76. The molecule has 0 saturated carbocycles. The Morgan fingerprint density at radius 1 is 1.23 bits per heavy atom. The van der Waals surface area contributed by atoms with Crippen molar-refractivity contribution < 1.29 is 13.2 Å². The van der Waals surface area contributed by atoms with Gasteiger partial charge in [-0.2, -0.15) is 8.42 Å². The Morgan fingerprint density at radius 2 is 2.03 bits per heavy atom. The number of hydrogen-bond acceptors (Lipinski definition) is 4. The van der Waals surface area contributed by atoms with Gasteiger partial charge in [-0.25, -0.2) is 0 Å². The summed E-state index contributed by atoms with van der Waals surface area (Å²) >= 11 is 6.48. The van der Waals surface area contributed by atoms with Gasteiger partial charge in [0.15, 0.2) is 0 Å². The number of benzene rings is 2. The lowest BCUT2D eigenvalue weighted by molar-refractivity contribution is 0.102.